The summed E-state index contributed by atoms with van der Waals surface area (Å²) >= 11 is 12.0. The van der Waals surface area contributed by atoms with Crippen molar-refractivity contribution in [3.05, 3.63) is 47.0 Å². The van der Waals surface area contributed by atoms with E-state index in [1.807, 2.05) is 29.0 Å². The Balaban J connectivity index is 2.48. The molecule has 0 aliphatic carbocycles. The van der Waals surface area contributed by atoms with Crippen LogP contribution in [0, 0.1) is 0 Å². The van der Waals surface area contributed by atoms with Crippen molar-refractivity contribution in [3.63, 3.8) is 0 Å². The highest BCUT2D eigenvalue weighted by Gasteiger charge is 2.07. The first kappa shape index (κ1) is 11.5. The van der Waals surface area contributed by atoms with Crippen LogP contribution in [0.5, 0.6) is 0 Å². The lowest BCUT2D eigenvalue weighted by Crippen LogP contribution is -2.00. The van der Waals surface area contributed by atoms with Gasteiger partial charge < -0.3 is 4.57 Å². The number of rotatable bonds is 3. The molecular formula is C12H12Cl2N2. The molecule has 0 amide bonds. The zero-order valence-corrected chi connectivity index (χ0v) is 10.5. The monoisotopic (exact) mass is 254 g/mol. The van der Waals surface area contributed by atoms with Crippen LogP contribution in [0.15, 0.2) is 30.6 Å². The average molecular weight is 255 g/mol. The van der Waals surface area contributed by atoms with E-state index in [0.717, 1.165) is 23.5 Å². The molecule has 4 heteroatoms. The second-order valence-corrected chi connectivity index (χ2v) is 4.16. The lowest BCUT2D eigenvalue weighted by atomic mass is 10.2. The fraction of sp³-hybridized carbons (Fsp3) is 0.250. The molecule has 2 nitrogen and oxygen atoms in total. The van der Waals surface area contributed by atoms with Gasteiger partial charge in [0.05, 0.1) is 10.7 Å². The summed E-state index contributed by atoms with van der Waals surface area (Å²) in [6, 6.07) is 5.85. The lowest BCUT2D eigenvalue weighted by Gasteiger charge is -2.09. The van der Waals surface area contributed by atoms with E-state index >= 15 is 0 Å². The Hall–Kier alpha value is -0.990. The van der Waals surface area contributed by atoms with Gasteiger partial charge in [0.25, 0.3) is 0 Å². The summed E-state index contributed by atoms with van der Waals surface area (Å²) < 4.78 is 2.00. The van der Waals surface area contributed by atoms with Gasteiger partial charge in [-0.15, -0.1) is 11.6 Å². The number of aryl methyl sites for hydroxylation is 1. The van der Waals surface area contributed by atoms with E-state index in [4.69, 9.17) is 23.2 Å². The summed E-state index contributed by atoms with van der Waals surface area (Å²) in [5, 5.41) is 0.700. The summed E-state index contributed by atoms with van der Waals surface area (Å²) in [6.45, 7) is 2.07. The maximum Gasteiger partial charge on any atom is 0.112 e. The van der Waals surface area contributed by atoms with Crippen molar-refractivity contribution in [1.82, 2.24) is 9.55 Å². The maximum absolute atomic E-state index is 6.22. The third kappa shape index (κ3) is 2.08. The van der Waals surface area contributed by atoms with Gasteiger partial charge in [0, 0.05) is 24.7 Å². The van der Waals surface area contributed by atoms with Gasteiger partial charge in [-0.1, -0.05) is 24.6 Å². The van der Waals surface area contributed by atoms with Gasteiger partial charge in [-0.2, -0.15) is 0 Å². The molecule has 0 bridgehead atoms. The number of hydrogen-bond acceptors (Lipinski definition) is 1. The van der Waals surface area contributed by atoms with Crippen LogP contribution in [-0.4, -0.2) is 9.55 Å². The zero-order chi connectivity index (χ0) is 11.5. The van der Waals surface area contributed by atoms with Crippen molar-refractivity contribution < 1.29 is 0 Å². The highest BCUT2D eigenvalue weighted by molar-refractivity contribution is 6.32. The second kappa shape index (κ2) is 4.89. The van der Waals surface area contributed by atoms with Crippen LogP contribution in [0.2, 0.25) is 5.02 Å². The molecule has 1 aromatic heterocycles. The Bertz CT molecular complexity index is 492. The average Bonchev–Trinajstić information content (AvgIpc) is 2.76. The van der Waals surface area contributed by atoms with Crippen LogP contribution in [0.25, 0.3) is 5.69 Å². The normalized spacial score (nSPS) is 10.7. The van der Waals surface area contributed by atoms with Gasteiger partial charge >= 0.3 is 0 Å². The molecular weight excluding hydrogens is 243 g/mol. The van der Waals surface area contributed by atoms with Crippen LogP contribution < -0.4 is 0 Å². The molecule has 0 aliphatic rings. The molecule has 0 spiro atoms. The maximum atomic E-state index is 6.22. The Labute approximate surface area is 105 Å². The fourth-order valence-electron chi connectivity index (χ4n) is 1.64. The van der Waals surface area contributed by atoms with E-state index < -0.39 is 0 Å². The number of alkyl halides is 1. The Kier molecular flexibility index (Phi) is 3.52. The van der Waals surface area contributed by atoms with Gasteiger partial charge in [-0.05, 0) is 17.7 Å². The molecule has 0 saturated carbocycles. The van der Waals surface area contributed by atoms with Crippen molar-refractivity contribution in [1.29, 1.82) is 0 Å². The van der Waals surface area contributed by atoms with Crippen molar-refractivity contribution in [3.8, 4) is 5.69 Å². The minimum absolute atomic E-state index is 0.477. The zero-order valence-electron chi connectivity index (χ0n) is 8.95. The lowest BCUT2D eigenvalue weighted by molar-refractivity contribution is 0.891. The molecule has 2 rings (SSSR count). The Morgan fingerprint density at radius 3 is 2.81 bits per heavy atom. The van der Waals surface area contributed by atoms with Crippen LogP contribution in [0.1, 0.15) is 18.3 Å². The number of hydrogen-bond donors (Lipinski definition) is 0. The predicted octanol–water partition coefficient (Wildman–Crippen LogP) is 3.83. The minimum Gasteiger partial charge on any atom is -0.302 e. The summed E-state index contributed by atoms with van der Waals surface area (Å²) in [4.78, 5) is 4.27. The van der Waals surface area contributed by atoms with Crippen LogP contribution >= 0.6 is 23.2 Å². The molecule has 1 aromatic carbocycles. The van der Waals surface area contributed by atoms with E-state index in [2.05, 4.69) is 11.9 Å². The smallest absolute Gasteiger partial charge is 0.112 e. The second-order valence-electron chi connectivity index (χ2n) is 3.49. The molecule has 0 fully saturated rings. The van der Waals surface area contributed by atoms with Crippen molar-refractivity contribution in [2.24, 2.45) is 0 Å². The first-order chi connectivity index (χ1) is 7.76. The third-order valence-corrected chi connectivity index (χ3v) is 3.07. The number of nitrogens with zero attached hydrogens (tertiary/aromatic N) is 2. The standard InChI is InChI=1S/C12H12Cl2N2/c1-2-12-15-5-6-16(12)11-4-3-9(8-13)7-10(11)14/h3-7H,2,8H2,1H3. The van der Waals surface area contributed by atoms with Crippen LogP contribution in [0.3, 0.4) is 0 Å². The molecule has 0 atom stereocenters. The quantitative estimate of drug-likeness (QED) is 0.762. The highest BCUT2D eigenvalue weighted by atomic mass is 35.5. The summed E-state index contributed by atoms with van der Waals surface area (Å²) in [7, 11) is 0. The number of benzene rings is 1. The predicted molar refractivity (Wildman–Crippen MR) is 67.5 cm³/mol. The van der Waals surface area contributed by atoms with Crippen LogP contribution in [-0.2, 0) is 12.3 Å². The molecule has 0 aliphatic heterocycles. The molecule has 1 heterocycles. The molecule has 0 unspecified atom stereocenters. The first-order valence-corrected chi connectivity index (χ1v) is 6.04. The topological polar surface area (TPSA) is 17.8 Å². The molecule has 0 saturated heterocycles. The Morgan fingerprint density at radius 2 is 2.19 bits per heavy atom. The van der Waals surface area contributed by atoms with Gasteiger partial charge in [0.2, 0.25) is 0 Å². The molecule has 0 N–H and O–H groups in total. The SMILES string of the molecule is CCc1nccn1-c1ccc(CCl)cc1Cl. The van der Waals surface area contributed by atoms with Gasteiger partial charge in [-0.3, -0.25) is 0 Å². The van der Waals surface area contributed by atoms with Crippen molar-refractivity contribution in [2.45, 2.75) is 19.2 Å². The van der Waals surface area contributed by atoms with Crippen molar-refractivity contribution in [2.75, 3.05) is 0 Å². The van der Waals surface area contributed by atoms with E-state index in [9.17, 15) is 0 Å². The fourth-order valence-corrected chi connectivity index (χ4v) is 2.10. The van der Waals surface area contributed by atoms with Gasteiger partial charge in [-0.25, -0.2) is 4.98 Å². The van der Waals surface area contributed by atoms with E-state index in [0.29, 0.717) is 10.9 Å². The summed E-state index contributed by atoms with van der Waals surface area (Å²) in [5.41, 5.74) is 1.97. The summed E-state index contributed by atoms with van der Waals surface area (Å²) in [6.07, 6.45) is 4.58. The molecule has 0 radical (unpaired) electrons. The number of halogens is 2. The molecule has 2 aromatic rings. The largest absolute Gasteiger partial charge is 0.302 e. The van der Waals surface area contributed by atoms with Gasteiger partial charge in [0.15, 0.2) is 0 Å². The van der Waals surface area contributed by atoms with Gasteiger partial charge in [0.1, 0.15) is 5.82 Å². The first-order valence-electron chi connectivity index (χ1n) is 5.13. The highest BCUT2D eigenvalue weighted by Crippen LogP contribution is 2.23. The Morgan fingerprint density at radius 1 is 1.38 bits per heavy atom. The van der Waals surface area contributed by atoms with Crippen LogP contribution in [0.4, 0.5) is 0 Å². The van der Waals surface area contributed by atoms with Crippen molar-refractivity contribution >= 4 is 23.2 Å². The molecule has 84 valence electrons. The summed E-state index contributed by atoms with van der Waals surface area (Å²) in [5.74, 6) is 1.48. The third-order valence-electron chi connectivity index (χ3n) is 2.46. The van der Waals surface area contributed by atoms with E-state index in [1.165, 1.54) is 0 Å². The number of imidazole rings is 1. The molecule has 16 heavy (non-hydrogen) atoms. The van der Waals surface area contributed by atoms with E-state index in [-0.39, 0.29) is 0 Å². The minimum atomic E-state index is 0.477. The number of aromatic nitrogens is 2. The van der Waals surface area contributed by atoms with E-state index in [1.54, 1.807) is 6.20 Å².